The van der Waals surface area contributed by atoms with Crippen molar-refractivity contribution in [3.05, 3.63) is 0 Å². The molecule has 0 aromatic heterocycles. The normalized spacial score (nSPS) is 15.2. The number of hydrogen-bond acceptors (Lipinski definition) is 3. The minimum atomic E-state index is -0.376. The lowest BCUT2D eigenvalue weighted by Gasteiger charge is -2.11. The van der Waals surface area contributed by atoms with E-state index in [1.807, 2.05) is 13.0 Å². The van der Waals surface area contributed by atoms with Gasteiger partial charge in [-0.1, -0.05) is 13.3 Å². The van der Waals surface area contributed by atoms with Crippen molar-refractivity contribution in [2.45, 2.75) is 45.3 Å². The van der Waals surface area contributed by atoms with E-state index in [9.17, 15) is 0 Å². The Kier molecular flexibility index (Phi) is 6.73. The second-order valence-electron chi connectivity index (χ2n) is 2.99. The lowest BCUT2D eigenvalue weighted by molar-refractivity contribution is 0.0572. The summed E-state index contributed by atoms with van der Waals surface area (Å²) in [4.78, 5) is 0. The first-order valence-electron chi connectivity index (χ1n) is 4.47. The Labute approximate surface area is 74.5 Å². The van der Waals surface area contributed by atoms with E-state index >= 15 is 0 Å². The molecule has 0 heterocycles. The molecule has 2 unspecified atom stereocenters. The summed E-state index contributed by atoms with van der Waals surface area (Å²) in [6.45, 7) is 4.76. The number of hydrogen-bond donors (Lipinski definition) is 1. The Morgan fingerprint density at radius 3 is 2.67 bits per heavy atom. The van der Waals surface area contributed by atoms with Crippen LogP contribution in [-0.4, -0.2) is 18.8 Å². The molecule has 2 N–H and O–H groups in total. The molecule has 0 fully saturated rings. The Hall–Kier alpha value is -0.590. The summed E-state index contributed by atoms with van der Waals surface area (Å²) < 4.78 is 5.42. The summed E-state index contributed by atoms with van der Waals surface area (Å²) in [6.07, 6.45) is 3.12. The third kappa shape index (κ3) is 6.14. The second kappa shape index (κ2) is 7.08. The molecule has 3 heteroatoms. The topological polar surface area (TPSA) is 59.0 Å². The number of nitrogens with two attached hydrogens (primary N) is 1. The van der Waals surface area contributed by atoms with Crippen LogP contribution in [0.4, 0.5) is 0 Å². The molecule has 0 aliphatic rings. The molecule has 0 aliphatic carbocycles. The summed E-state index contributed by atoms with van der Waals surface area (Å²) in [5.41, 5.74) is 5.39. The highest BCUT2D eigenvalue weighted by molar-refractivity contribution is 4.85. The average molecular weight is 170 g/mol. The highest BCUT2D eigenvalue weighted by Gasteiger charge is 2.02. The predicted octanol–water partition coefficient (Wildman–Crippen LogP) is 1.43. The summed E-state index contributed by atoms with van der Waals surface area (Å²) in [7, 11) is 0. The fourth-order valence-corrected chi connectivity index (χ4v) is 0.951. The van der Waals surface area contributed by atoms with Crippen LogP contribution in [0.5, 0.6) is 0 Å². The van der Waals surface area contributed by atoms with Gasteiger partial charge in [0.25, 0.3) is 0 Å². The lowest BCUT2D eigenvalue weighted by atomic mass is 10.2. The Balaban J connectivity index is 3.25. The van der Waals surface area contributed by atoms with Crippen molar-refractivity contribution in [2.75, 3.05) is 6.61 Å². The largest absolute Gasteiger partial charge is 0.378 e. The molecule has 0 spiro atoms. The lowest BCUT2D eigenvalue weighted by Crippen LogP contribution is -2.21. The second-order valence-corrected chi connectivity index (χ2v) is 2.99. The number of nitriles is 1. The van der Waals surface area contributed by atoms with E-state index in [2.05, 4.69) is 6.92 Å². The first-order valence-corrected chi connectivity index (χ1v) is 4.47. The van der Waals surface area contributed by atoms with Crippen LogP contribution in [0.1, 0.15) is 33.1 Å². The molecular weight excluding hydrogens is 152 g/mol. The molecule has 12 heavy (non-hydrogen) atoms. The van der Waals surface area contributed by atoms with Crippen LogP contribution in [0, 0.1) is 11.3 Å². The minimum absolute atomic E-state index is 0.292. The van der Waals surface area contributed by atoms with Crippen molar-refractivity contribution in [1.82, 2.24) is 0 Å². The predicted molar refractivity (Wildman–Crippen MR) is 48.5 cm³/mol. The van der Waals surface area contributed by atoms with Crippen molar-refractivity contribution >= 4 is 0 Å². The number of ether oxygens (including phenoxy) is 1. The molecule has 0 bridgehead atoms. The van der Waals surface area contributed by atoms with Crippen LogP contribution < -0.4 is 5.73 Å². The molecule has 3 nitrogen and oxygen atoms in total. The van der Waals surface area contributed by atoms with E-state index < -0.39 is 0 Å². The third-order valence-electron chi connectivity index (χ3n) is 1.69. The summed E-state index contributed by atoms with van der Waals surface area (Å²) in [5.74, 6) is 0. The number of nitrogens with zero attached hydrogens (tertiary/aromatic N) is 1. The van der Waals surface area contributed by atoms with E-state index in [4.69, 9.17) is 15.7 Å². The van der Waals surface area contributed by atoms with Gasteiger partial charge in [-0.15, -0.1) is 0 Å². The van der Waals surface area contributed by atoms with Gasteiger partial charge in [-0.2, -0.15) is 5.26 Å². The molecule has 0 aromatic carbocycles. The van der Waals surface area contributed by atoms with E-state index in [0.29, 0.717) is 19.1 Å². The highest BCUT2D eigenvalue weighted by Crippen LogP contribution is 2.01. The van der Waals surface area contributed by atoms with Crippen LogP contribution >= 0.6 is 0 Å². The van der Waals surface area contributed by atoms with Crippen LogP contribution in [-0.2, 0) is 4.74 Å². The van der Waals surface area contributed by atoms with Gasteiger partial charge >= 0.3 is 0 Å². The van der Waals surface area contributed by atoms with Crippen LogP contribution in [0.25, 0.3) is 0 Å². The van der Waals surface area contributed by atoms with Crippen molar-refractivity contribution in [3.8, 4) is 6.07 Å². The fourth-order valence-electron chi connectivity index (χ4n) is 0.951. The van der Waals surface area contributed by atoms with Crippen LogP contribution in [0.2, 0.25) is 0 Å². The molecule has 0 aromatic rings. The molecule has 0 rings (SSSR count). The van der Waals surface area contributed by atoms with Gasteiger partial charge in [-0.3, -0.25) is 0 Å². The molecule has 0 amide bonds. The Bertz CT molecular complexity index is 142. The minimum Gasteiger partial charge on any atom is -0.378 e. The van der Waals surface area contributed by atoms with Gasteiger partial charge in [0.1, 0.15) is 0 Å². The van der Waals surface area contributed by atoms with E-state index in [-0.39, 0.29) is 6.04 Å². The molecule has 0 radical (unpaired) electrons. The van der Waals surface area contributed by atoms with E-state index in [0.717, 1.165) is 12.8 Å². The van der Waals surface area contributed by atoms with E-state index in [1.165, 1.54) is 0 Å². The molecule has 0 saturated heterocycles. The Morgan fingerprint density at radius 1 is 1.50 bits per heavy atom. The van der Waals surface area contributed by atoms with Crippen molar-refractivity contribution < 1.29 is 4.74 Å². The Morgan fingerprint density at radius 2 is 2.17 bits per heavy atom. The van der Waals surface area contributed by atoms with Crippen molar-refractivity contribution in [2.24, 2.45) is 5.73 Å². The summed E-state index contributed by atoms with van der Waals surface area (Å²) >= 11 is 0. The zero-order valence-electron chi connectivity index (χ0n) is 7.92. The smallest absolute Gasteiger partial charge is 0.0950 e. The van der Waals surface area contributed by atoms with Crippen molar-refractivity contribution in [3.63, 3.8) is 0 Å². The molecule has 2 atom stereocenters. The van der Waals surface area contributed by atoms with Gasteiger partial charge in [-0.25, -0.2) is 0 Å². The number of rotatable bonds is 6. The average Bonchev–Trinajstić information content (AvgIpc) is 2.04. The van der Waals surface area contributed by atoms with Gasteiger partial charge in [0.15, 0.2) is 0 Å². The first kappa shape index (κ1) is 11.4. The maximum absolute atomic E-state index is 8.37. The summed E-state index contributed by atoms with van der Waals surface area (Å²) in [5, 5.41) is 8.37. The van der Waals surface area contributed by atoms with Gasteiger partial charge < -0.3 is 10.5 Å². The van der Waals surface area contributed by atoms with Gasteiger partial charge in [0, 0.05) is 6.61 Å². The SMILES string of the molecule is CCCC(C)OCCC(N)C#N. The van der Waals surface area contributed by atoms with Crippen LogP contribution in [0.15, 0.2) is 0 Å². The standard InChI is InChI=1S/C9H18N2O/c1-3-4-8(2)12-6-5-9(11)7-10/h8-9H,3-6,11H2,1-2H3. The molecule has 0 aliphatic heterocycles. The van der Waals surface area contributed by atoms with E-state index in [1.54, 1.807) is 0 Å². The van der Waals surface area contributed by atoms with Gasteiger partial charge in [0.05, 0.1) is 18.2 Å². The van der Waals surface area contributed by atoms with Gasteiger partial charge in [-0.05, 0) is 19.8 Å². The maximum Gasteiger partial charge on any atom is 0.0950 e. The fraction of sp³-hybridized carbons (Fsp3) is 0.889. The van der Waals surface area contributed by atoms with Gasteiger partial charge in [0.2, 0.25) is 0 Å². The summed E-state index contributed by atoms with van der Waals surface area (Å²) in [6, 6.07) is 1.59. The molecular formula is C9H18N2O. The molecule has 0 saturated carbocycles. The monoisotopic (exact) mass is 170 g/mol. The molecule has 70 valence electrons. The van der Waals surface area contributed by atoms with Crippen LogP contribution in [0.3, 0.4) is 0 Å². The maximum atomic E-state index is 8.37. The zero-order chi connectivity index (χ0) is 9.40. The first-order chi connectivity index (χ1) is 5.70. The highest BCUT2D eigenvalue weighted by atomic mass is 16.5. The zero-order valence-corrected chi connectivity index (χ0v) is 7.92. The van der Waals surface area contributed by atoms with Crippen molar-refractivity contribution in [1.29, 1.82) is 5.26 Å². The quantitative estimate of drug-likeness (QED) is 0.656. The third-order valence-corrected chi connectivity index (χ3v) is 1.69.